The quantitative estimate of drug-likeness (QED) is 0.846. The molecule has 0 fully saturated rings. The molecule has 1 unspecified atom stereocenters. The number of alkyl halides is 3. The first-order chi connectivity index (χ1) is 6.96. The second kappa shape index (κ2) is 4.61. The third-order valence-electron chi connectivity index (χ3n) is 2.21. The van der Waals surface area contributed by atoms with Gasteiger partial charge in [0, 0.05) is 12.1 Å². The molecular weight excluding hydrogens is 205 g/mol. The summed E-state index contributed by atoms with van der Waals surface area (Å²) in [6.07, 6.45) is -2.47. The Balaban J connectivity index is 3.06. The molecule has 0 radical (unpaired) electrons. The first-order valence-electron chi connectivity index (χ1n) is 4.69. The minimum Gasteiger partial charge on any atom is -0.330 e. The van der Waals surface area contributed by atoms with Gasteiger partial charge in [-0.1, -0.05) is 6.92 Å². The van der Waals surface area contributed by atoms with Gasteiger partial charge in [0.25, 0.3) is 0 Å². The van der Waals surface area contributed by atoms with Crippen molar-refractivity contribution in [2.45, 2.75) is 25.4 Å². The van der Waals surface area contributed by atoms with E-state index < -0.39 is 11.7 Å². The van der Waals surface area contributed by atoms with Gasteiger partial charge in [-0.25, -0.2) is 0 Å². The summed E-state index contributed by atoms with van der Waals surface area (Å²) in [6.45, 7) is 2.06. The van der Waals surface area contributed by atoms with Gasteiger partial charge in [0.1, 0.15) is 0 Å². The van der Waals surface area contributed by atoms with Gasteiger partial charge in [0.05, 0.1) is 11.3 Å². The minimum absolute atomic E-state index is 0.0791. The summed E-state index contributed by atoms with van der Waals surface area (Å²) in [6, 6.07) is 2.34. The number of nitrogens with zero attached hydrogens (tertiary/aromatic N) is 1. The lowest BCUT2D eigenvalue weighted by Gasteiger charge is -2.16. The van der Waals surface area contributed by atoms with Crippen LogP contribution >= 0.6 is 0 Å². The van der Waals surface area contributed by atoms with Crippen LogP contribution in [-0.4, -0.2) is 11.5 Å². The van der Waals surface area contributed by atoms with E-state index in [1.54, 1.807) is 6.92 Å². The molecule has 0 aliphatic heterocycles. The molecule has 2 N–H and O–H groups in total. The van der Waals surface area contributed by atoms with Crippen LogP contribution in [0.4, 0.5) is 13.2 Å². The van der Waals surface area contributed by atoms with Crippen molar-refractivity contribution in [1.82, 2.24) is 4.98 Å². The molecule has 1 rings (SSSR count). The largest absolute Gasteiger partial charge is 0.418 e. The summed E-state index contributed by atoms with van der Waals surface area (Å²) in [5.41, 5.74) is 4.73. The Hall–Kier alpha value is -1.10. The number of aromatic nitrogens is 1. The smallest absolute Gasteiger partial charge is 0.330 e. The zero-order chi connectivity index (χ0) is 11.5. The fourth-order valence-corrected chi connectivity index (χ4v) is 1.44. The van der Waals surface area contributed by atoms with Gasteiger partial charge in [0.2, 0.25) is 0 Å². The summed E-state index contributed by atoms with van der Waals surface area (Å²) >= 11 is 0. The highest BCUT2D eigenvalue weighted by molar-refractivity contribution is 5.25. The predicted molar refractivity (Wildman–Crippen MR) is 51.3 cm³/mol. The van der Waals surface area contributed by atoms with Gasteiger partial charge in [-0.3, -0.25) is 4.98 Å². The standard InChI is InChI=1S/C10H13F3N2/c1-7(4-5-14)9-8(10(11,12)13)3-2-6-15-9/h2-3,6-7H,4-5,14H2,1H3. The highest BCUT2D eigenvalue weighted by Gasteiger charge is 2.34. The normalized spacial score (nSPS) is 13.9. The third kappa shape index (κ3) is 2.92. The van der Waals surface area contributed by atoms with E-state index in [1.807, 2.05) is 0 Å². The van der Waals surface area contributed by atoms with Gasteiger partial charge in [-0.2, -0.15) is 13.2 Å². The summed E-state index contributed by atoms with van der Waals surface area (Å²) in [5, 5.41) is 0. The average molecular weight is 218 g/mol. The van der Waals surface area contributed by atoms with Crippen LogP contribution in [0.5, 0.6) is 0 Å². The Kier molecular flexibility index (Phi) is 3.68. The number of nitrogens with two attached hydrogens (primary N) is 1. The van der Waals surface area contributed by atoms with Crippen LogP contribution in [0.1, 0.15) is 30.5 Å². The Morgan fingerprint density at radius 3 is 2.67 bits per heavy atom. The Morgan fingerprint density at radius 2 is 2.13 bits per heavy atom. The van der Waals surface area contributed by atoms with Crippen LogP contribution in [0, 0.1) is 0 Å². The lowest BCUT2D eigenvalue weighted by Crippen LogP contribution is -2.14. The Morgan fingerprint density at radius 1 is 1.47 bits per heavy atom. The lowest BCUT2D eigenvalue weighted by molar-refractivity contribution is -0.138. The highest BCUT2D eigenvalue weighted by atomic mass is 19.4. The summed E-state index contributed by atoms with van der Waals surface area (Å²) in [7, 11) is 0. The van der Waals surface area contributed by atoms with Crippen molar-refractivity contribution in [3.05, 3.63) is 29.6 Å². The lowest BCUT2D eigenvalue weighted by atomic mass is 9.98. The van der Waals surface area contributed by atoms with Gasteiger partial charge in [-0.05, 0) is 25.1 Å². The van der Waals surface area contributed by atoms with E-state index in [0.29, 0.717) is 13.0 Å². The summed E-state index contributed by atoms with van der Waals surface area (Å²) in [5.74, 6) is -0.271. The van der Waals surface area contributed by atoms with E-state index >= 15 is 0 Å². The first kappa shape index (κ1) is 12.0. The molecule has 5 heteroatoms. The number of halogens is 3. The van der Waals surface area contributed by atoms with Crippen molar-refractivity contribution in [1.29, 1.82) is 0 Å². The third-order valence-corrected chi connectivity index (χ3v) is 2.21. The molecule has 0 saturated carbocycles. The van der Waals surface area contributed by atoms with E-state index in [-0.39, 0.29) is 11.6 Å². The van der Waals surface area contributed by atoms with Crippen LogP contribution in [0.15, 0.2) is 18.3 Å². The molecule has 0 spiro atoms. The molecule has 0 amide bonds. The number of hydrogen-bond acceptors (Lipinski definition) is 2. The molecular formula is C10H13F3N2. The fraction of sp³-hybridized carbons (Fsp3) is 0.500. The molecule has 0 aromatic carbocycles. The van der Waals surface area contributed by atoms with Crippen LogP contribution in [0.3, 0.4) is 0 Å². The minimum atomic E-state index is -4.34. The molecule has 0 aliphatic carbocycles. The summed E-state index contributed by atoms with van der Waals surface area (Å²) in [4.78, 5) is 3.79. The average Bonchev–Trinajstić information content (AvgIpc) is 2.17. The molecule has 1 aromatic rings. The van der Waals surface area contributed by atoms with Crippen LogP contribution < -0.4 is 5.73 Å². The molecule has 0 saturated heterocycles. The van der Waals surface area contributed by atoms with E-state index in [2.05, 4.69) is 4.98 Å². The maximum absolute atomic E-state index is 12.6. The fourth-order valence-electron chi connectivity index (χ4n) is 1.44. The molecule has 15 heavy (non-hydrogen) atoms. The Labute approximate surface area is 86.3 Å². The molecule has 0 bridgehead atoms. The van der Waals surface area contributed by atoms with Crippen molar-refractivity contribution in [2.75, 3.05) is 6.54 Å². The van der Waals surface area contributed by atoms with E-state index in [4.69, 9.17) is 5.73 Å². The highest BCUT2D eigenvalue weighted by Crippen LogP contribution is 2.34. The topological polar surface area (TPSA) is 38.9 Å². The zero-order valence-electron chi connectivity index (χ0n) is 8.38. The number of rotatable bonds is 3. The maximum atomic E-state index is 12.6. The number of hydrogen-bond donors (Lipinski definition) is 1. The van der Waals surface area contributed by atoms with Crippen molar-refractivity contribution in [3.63, 3.8) is 0 Å². The van der Waals surface area contributed by atoms with Gasteiger partial charge in [-0.15, -0.1) is 0 Å². The monoisotopic (exact) mass is 218 g/mol. The van der Waals surface area contributed by atoms with Crippen molar-refractivity contribution in [2.24, 2.45) is 5.73 Å². The molecule has 1 heterocycles. The van der Waals surface area contributed by atoms with Crippen molar-refractivity contribution >= 4 is 0 Å². The molecule has 2 nitrogen and oxygen atoms in total. The maximum Gasteiger partial charge on any atom is 0.418 e. The van der Waals surface area contributed by atoms with Gasteiger partial charge in [0.15, 0.2) is 0 Å². The second-order valence-electron chi connectivity index (χ2n) is 3.41. The Bertz CT molecular complexity index is 323. The number of pyridine rings is 1. The van der Waals surface area contributed by atoms with Crippen LogP contribution in [-0.2, 0) is 6.18 Å². The van der Waals surface area contributed by atoms with Gasteiger partial charge < -0.3 is 5.73 Å². The molecule has 84 valence electrons. The van der Waals surface area contributed by atoms with Crippen LogP contribution in [0.2, 0.25) is 0 Å². The van der Waals surface area contributed by atoms with Crippen molar-refractivity contribution in [3.8, 4) is 0 Å². The predicted octanol–water partition coefficient (Wildman–Crippen LogP) is 2.55. The van der Waals surface area contributed by atoms with E-state index in [0.717, 1.165) is 6.07 Å². The molecule has 1 atom stereocenters. The van der Waals surface area contributed by atoms with E-state index in [1.165, 1.54) is 12.3 Å². The van der Waals surface area contributed by atoms with Gasteiger partial charge >= 0.3 is 6.18 Å². The van der Waals surface area contributed by atoms with Crippen LogP contribution in [0.25, 0.3) is 0 Å². The summed E-state index contributed by atoms with van der Waals surface area (Å²) < 4.78 is 37.7. The molecule has 1 aromatic heterocycles. The molecule has 0 aliphatic rings. The zero-order valence-corrected chi connectivity index (χ0v) is 8.38. The van der Waals surface area contributed by atoms with Crippen molar-refractivity contribution < 1.29 is 13.2 Å². The SMILES string of the molecule is CC(CCN)c1ncccc1C(F)(F)F. The van der Waals surface area contributed by atoms with E-state index in [9.17, 15) is 13.2 Å². The second-order valence-corrected chi connectivity index (χ2v) is 3.41. The first-order valence-corrected chi connectivity index (χ1v) is 4.69.